The largest absolute Gasteiger partial charge is 0.506 e. The quantitative estimate of drug-likeness (QED) is 0.297. The van der Waals surface area contributed by atoms with E-state index in [-0.39, 0.29) is 28.8 Å². The SMILES string of the molecule is CCC(CC)n1cc(-c2cncc(/C(O)=C/C(=N)c3ccc(CNC4CC4)cc3)n2)ccc1=O. The van der Waals surface area contributed by atoms with E-state index in [2.05, 4.69) is 29.1 Å². The first-order chi connectivity index (χ1) is 16.5. The van der Waals surface area contributed by atoms with Gasteiger partial charge in [-0.2, -0.15) is 0 Å². The number of aromatic nitrogens is 3. The van der Waals surface area contributed by atoms with Crippen molar-refractivity contribution < 1.29 is 5.11 Å². The summed E-state index contributed by atoms with van der Waals surface area (Å²) < 4.78 is 1.74. The molecule has 0 aliphatic heterocycles. The predicted molar refractivity (Wildman–Crippen MR) is 135 cm³/mol. The van der Waals surface area contributed by atoms with E-state index in [1.165, 1.54) is 36.7 Å². The average molecular weight is 458 g/mol. The van der Waals surface area contributed by atoms with E-state index in [1.54, 1.807) is 23.0 Å². The third-order valence-electron chi connectivity index (χ3n) is 6.18. The molecular formula is C27H31N5O2. The molecule has 3 aromatic rings. The molecule has 0 spiro atoms. The lowest BCUT2D eigenvalue weighted by Gasteiger charge is -2.17. The highest BCUT2D eigenvalue weighted by Crippen LogP contribution is 2.21. The number of hydrogen-bond donors (Lipinski definition) is 3. The first-order valence-electron chi connectivity index (χ1n) is 11.8. The lowest BCUT2D eigenvalue weighted by Crippen LogP contribution is -2.23. The third kappa shape index (κ3) is 5.66. The van der Waals surface area contributed by atoms with Crippen molar-refractivity contribution in [3.63, 3.8) is 0 Å². The summed E-state index contributed by atoms with van der Waals surface area (Å²) >= 11 is 0. The minimum atomic E-state index is -0.132. The van der Waals surface area contributed by atoms with Gasteiger partial charge in [0.05, 0.1) is 23.8 Å². The van der Waals surface area contributed by atoms with Gasteiger partial charge in [0.25, 0.3) is 5.56 Å². The Labute approximate surface area is 199 Å². The van der Waals surface area contributed by atoms with Crippen molar-refractivity contribution in [2.75, 3.05) is 0 Å². The molecule has 34 heavy (non-hydrogen) atoms. The van der Waals surface area contributed by atoms with Gasteiger partial charge in [0, 0.05) is 42.5 Å². The fourth-order valence-electron chi connectivity index (χ4n) is 3.90. The number of aliphatic hydroxyl groups excluding tert-OH is 1. The van der Waals surface area contributed by atoms with Crippen molar-refractivity contribution >= 4 is 11.5 Å². The second-order valence-corrected chi connectivity index (χ2v) is 8.72. The molecule has 0 atom stereocenters. The Hall–Kier alpha value is -3.58. The van der Waals surface area contributed by atoms with Gasteiger partial charge in [-0.3, -0.25) is 9.78 Å². The minimum absolute atomic E-state index is 0.0490. The van der Waals surface area contributed by atoms with Crippen LogP contribution in [0.2, 0.25) is 0 Å². The third-order valence-corrected chi connectivity index (χ3v) is 6.18. The molecule has 1 aliphatic carbocycles. The molecule has 2 aromatic heterocycles. The van der Waals surface area contributed by atoms with Gasteiger partial charge in [-0.1, -0.05) is 38.1 Å². The van der Waals surface area contributed by atoms with Crippen LogP contribution >= 0.6 is 0 Å². The Morgan fingerprint density at radius 3 is 2.59 bits per heavy atom. The highest BCUT2D eigenvalue weighted by Gasteiger charge is 2.19. The molecule has 0 amide bonds. The second kappa shape index (κ2) is 10.6. The topological polar surface area (TPSA) is 104 Å². The van der Waals surface area contributed by atoms with Crippen molar-refractivity contribution in [3.8, 4) is 11.3 Å². The molecule has 7 heteroatoms. The number of allylic oxidation sites excluding steroid dienone is 1. The lowest BCUT2D eigenvalue weighted by atomic mass is 10.1. The van der Waals surface area contributed by atoms with Gasteiger partial charge in [-0.25, -0.2) is 4.98 Å². The molecule has 1 aliphatic rings. The van der Waals surface area contributed by atoms with Crippen molar-refractivity contribution in [1.29, 1.82) is 5.41 Å². The average Bonchev–Trinajstić information content (AvgIpc) is 3.69. The van der Waals surface area contributed by atoms with Crippen LogP contribution in [0.25, 0.3) is 17.0 Å². The molecule has 1 saturated carbocycles. The van der Waals surface area contributed by atoms with Crippen LogP contribution in [0.15, 0.2) is 65.9 Å². The summed E-state index contributed by atoms with van der Waals surface area (Å²) in [7, 11) is 0. The number of aliphatic hydroxyl groups is 1. The number of nitrogens with zero attached hydrogens (tertiary/aromatic N) is 3. The first kappa shape index (κ1) is 23.6. The van der Waals surface area contributed by atoms with Gasteiger partial charge >= 0.3 is 0 Å². The number of rotatable bonds is 10. The van der Waals surface area contributed by atoms with Crippen molar-refractivity contribution in [2.45, 2.75) is 58.2 Å². The Kier molecular flexibility index (Phi) is 7.33. The van der Waals surface area contributed by atoms with E-state index in [4.69, 9.17) is 5.41 Å². The fourth-order valence-corrected chi connectivity index (χ4v) is 3.90. The van der Waals surface area contributed by atoms with Crippen LogP contribution in [0, 0.1) is 5.41 Å². The Morgan fingerprint density at radius 2 is 1.91 bits per heavy atom. The molecule has 2 heterocycles. The molecule has 1 fully saturated rings. The predicted octanol–water partition coefficient (Wildman–Crippen LogP) is 4.89. The lowest BCUT2D eigenvalue weighted by molar-refractivity contribution is 0.459. The van der Waals surface area contributed by atoms with Gasteiger partial charge in [-0.15, -0.1) is 0 Å². The molecule has 3 N–H and O–H groups in total. The monoisotopic (exact) mass is 457 g/mol. The summed E-state index contributed by atoms with van der Waals surface area (Å²) in [6.45, 7) is 4.94. The van der Waals surface area contributed by atoms with Crippen LogP contribution < -0.4 is 10.9 Å². The molecule has 0 unspecified atom stereocenters. The highest BCUT2D eigenvalue weighted by atomic mass is 16.3. The highest BCUT2D eigenvalue weighted by molar-refractivity contribution is 6.09. The normalized spacial score (nSPS) is 13.9. The van der Waals surface area contributed by atoms with Gasteiger partial charge in [-0.05, 0) is 42.9 Å². The summed E-state index contributed by atoms with van der Waals surface area (Å²) in [5.41, 5.74) is 3.59. The van der Waals surface area contributed by atoms with E-state index in [0.717, 1.165) is 24.9 Å². The zero-order valence-corrected chi connectivity index (χ0v) is 19.7. The number of benzene rings is 1. The Morgan fingerprint density at radius 1 is 1.18 bits per heavy atom. The molecule has 0 saturated heterocycles. The number of nitrogens with one attached hydrogen (secondary N) is 2. The minimum Gasteiger partial charge on any atom is -0.506 e. The zero-order valence-electron chi connectivity index (χ0n) is 19.7. The molecular weight excluding hydrogens is 426 g/mol. The molecule has 7 nitrogen and oxygen atoms in total. The van der Waals surface area contributed by atoms with E-state index in [9.17, 15) is 9.90 Å². The van der Waals surface area contributed by atoms with E-state index >= 15 is 0 Å². The summed E-state index contributed by atoms with van der Waals surface area (Å²) in [5, 5.41) is 22.5. The van der Waals surface area contributed by atoms with Crippen molar-refractivity contribution in [1.82, 2.24) is 19.9 Å². The summed E-state index contributed by atoms with van der Waals surface area (Å²) in [6, 6.07) is 11.8. The molecule has 4 rings (SSSR count). The van der Waals surface area contributed by atoms with Crippen LogP contribution in [0.3, 0.4) is 0 Å². The van der Waals surface area contributed by atoms with Crippen LogP contribution in [0.4, 0.5) is 0 Å². The first-order valence-corrected chi connectivity index (χ1v) is 11.8. The van der Waals surface area contributed by atoms with Gasteiger partial charge < -0.3 is 20.4 Å². The number of hydrogen-bond acceptors (Lipinski definition) is 6. The van der Waals surface area contributed by atoms with Crippen LogP contribution in [-0.4, -0.2) is 31.4 Å². The second-order valence-electron chi connectivity index (χ2n) is 8.72. The number of pyridine rings is 1. The van der Waals surface area contributed by atoms with Crippen LogP contribution in [0.5, 0.6) is 0 Å². The summed E-state index contributed by atoms with van der Waals surface area (Å²) in [6.07, 6.45) is 10.5. The zero-order chi connectivity index (χ0) is 24.1. The Bertz CT molecular complexity index is 1240. The maximum Gasteiger partial charge on any atom is 0.250 e. The van der Waals surface area contributed by atoms with Gasteiger partial charge in [0.15, 0.2) is 0 Å². The summed E-state index contributed by atoms with van der Waals surface area (Å²) in [4.78, 5) is 21.1. The maximum atomic E-state index is 12.3. The van der Waals surface area contributed by atoms with Crippen LogP contribution in [-0.2, 0) is 6.54 Å². The van der Waals surface area contributed by atoms with Crippen LogP contribution in [0.1, 0.15) is 62.4 Å². The van der Waals surface area contributed by atoms with E-state index in [1.807, 2.05) is 24.3 Å². The molecule has 176 valence electrons. The van der Waals surface area contributed by atoms with Crippen molar-refractivity contribution in [2.24, 2.45) is 0 Å². The maximum absolute atomic E-state index is 12.3. The fraction of sp³-hybridized carbons (Fsp3) is 0.333. The molecule has 0 bridgehead atoms. The van der Waals surface area contributed by atoms with E-state index < -0.39 is 0 Å². The standard InChI is InChI=1S/C27H31N5O2/c1-3-22(4-2)32-17-20(9-12-27(32)34)24-15-29-16-25(31-24)26(33)13-23(28)19-7-5-18(6-8-19)14-30-21-10-11-21/h5-9,12-13,15-17,21-22,28,30,33H,3-4,10-11,14H2,1-2H3/b26-13-,28-23?. The van der Waals surface area contributed by atoms with Crippen molar-refractivity contribution in [3.05, 3.63) is 88.2 Å². The smallest absolute Gasteiger partial charge is 0.250 e. The molecule has 1 aromatic carbocycles. The Balaban J connectivity index is 1.52. The molecule has 0 radical (unpaired) electrons. The van der Waals surface area contributed by atoms with Gasteiger partial charge in [0.2, 0.25) is 0 Å². The summed E-state index contributed by atoms with van der Waals surface area (Å²) in [5.74, 6) is -0.132. The van der Waals surface area contributed by atoms with E-state index in [0.29, 0.717) is 17.3 Å². The van der Waals surface area contributed by atoms with Gasteiger partial charge in [0.1, 0.15) is 11.5 Å².